The van der Waals surface area contributed by atoms with Crippen molar-refractivity contribution in [2.24, 2.45) is 0 Å². The van der Waals surface area contributed by atoms with Crippen LogP contribution in [0.3, 0.4) is 0 Å². The lowest BCUT2D eigenvalue weighted by molar-refractivity contribution is 0.167. The maximum atomic E-state index is 11.9. The Labute approximate surface area is 125 Å². The van der Waals surface area contributed by atoms with Crippen LogP contribution in [0.5, 0.6) is 0 Å². The molecule has 2 atom stereocenters. The maximum absolute atomic E-state index is 11.9. The van der Waals surface area contributed by atoms with Crippen molar-refractivity contribution in [3.8, 4) is 0 Å². The van der Waals surface area contributed by atoms with Gasteiger partial charge in [0.1, 0.15) is 6.10 Å². The Morgan fingerprint density at radius 3 is 2.44 bits per heavy atom. The third-order valence-corrected chi connectivity index (χ3v) is 7.41. The Morgan fingerprint density at radius 1 is 1.44 bits per heavy atom. The van der Waals surface area contributed by atoms with Crippen LogP contribution in [0.1, 0.15) is 25.5 Å². The SMILES string of the molecule is CCS(=O)(=O)C(C)(Br)C(O)c1ccc(Cl)cc1Cl. The lowest BCUT2D eigenvalue weighted by Crippen LogP contribution is -2.36. The molecule has 3 nitrogen and oxygen atoms in total. The second-order valence-corrected chi connectivity index (χ2v) is 9.63. The summed E-state index contributed by atoms with van der Waals surface area (Å²) in [6.07, 6.45) is -1.28. The molecule has 1 N–H and O–H groups in total. The van der Waals surface area contributed by atoms with Crippen molar-refractivity contribution in [1.82, 2.24) is 0 Å². The van der Waals surface area contributed by atoms with Gasteiger partial charge in [-0.2, -0.15) is 0 Å². The summed E-state index contributed by atoms with van der Waals surface area (Å²) in [4.78, 5) is 0. The highest BCUT2D eigenvalue weighted by Gasteiger charge is 2.43. The highest BCUT2D eigenvalue weighted by Crippen LogP contribution is 2.41. The zero-order valence-electron chi connectivity index (χ0n) is 9.82. The van der Waals surface area contributed by atoms with Crippen LogP contribution in [0.2, 0.25) is 10.0 Å². The van der Waals surface area contributed by atoms with E-state index in [1.807, 2.05) is 0 Å². The van der Waals surface area contributed by atoms with Gasteiger partial charge in [0, 0.05) is 21.4 Å². The highest BCUT2D eigenvalue weighted by molar-refractivity contribution is 9.11. The van der Waals surface area contributed by atoms with E-state index < -0.39 is 19.6 Å². The van der Waals surface area contributed by atoms with Gasteiger partial charge in [0.25, 0.3) is 0 Å². The van der Waals surface area contributed by atoms with E-state index in [1.54, 1.807) is 6.07 Å². The molecule has 0 aliphatic rings. The van der Waals surface area contributed by atoms with E-state index in [9.17, 15) is 13.5 Å². The van der Waals surface area contributed by atoms with Crippen molar-refractivity contribution in [3.05, 3.63) is 33.8 Å². The minimum absolute atomic E-state index is 0.0863. The summed E-state index contributed by atoms with van der Waals surface area (Å²) >= 11 is 14.8. The Balaban J connectivity index is 3.26. The molecular formula is C11H13BrCl2O3S. The Morgan fingerprint density at radius 2 is 2.00 bits per heavy atom. The normalized spacial score (nSPS) is 17.2. The van der Waals surface area contributed by atoms with Crippen LogP contribution in [-0.4, -0.2) is 22.9 Å². The standard InChI is InChI=1S/C11H13BrCl2O3S/c1-3-18(16,17)11(2,12)10(15)8-5-4-7(13)6-9(8)14/h4-6,10,15H,3H2,1-2H3. The van der Waals surface area contributed by atoms with E-state index in [0.29, 0.717) is 10.6 Å². The molecular weight excluding hydrogens is 363 g/mol. The first-order valence-electron chi connectivity index (χ1n) is 5.17. The molecule has 0 aliphatic heterocycles. The van der Waals surface area contributed by atoms with Gasteiger partial charge >= 0.3 is 0 Å². The van der Waals surface area contributed by atoms with Crippen molar-refractivity contribution in [2.45, 2.75) is 23.6 Å². The molecule has 0 fully saturated rings. The van der Waals surface area contributed by atoms with Crippen molar-refractivity contribution in [2.75, 3.05) is 5.75 Å². The van der Waals surface area contributed by atoms with Crippen molar-refractivity contribution >= 4 is 49.0 Å². The number of aliphatic hydroxyl groups is 1. The van der Waals surface area contributed by atoms with Gasteiger partial charge in [-0.25, -0.2) is 8.42 Å². The van der Waals surface area contributed by atoms with Crippen LogP contribution in [0.4, 0.5) is 0 Å². The smallest absolute Gasteiger partial charge is 0.168 e. The number of rotatable bonds is 4. The van der Waals surface area contributed by atoms with Crippen LogP contribution >= 0.6 is 39.1 Å². The lowest BCUT2D eigenvalue weighted by atomic mass is 10.1. The van der Waals surface area contributed by atoms with Crippen LogP contribution in [0.25, 0.3) is 0 Å². The van der Waals surface area contributed by atoms with Crippen LogP contribution < -0.4 is 0 Å². The Bertz CT molecular complexity index is 543. The van der Waals surface area contributed by atoms with Crippen molar-refractivity contribution in [3.63, 3.8) is 0 Å². The molecule has 1 aromatic rings. The minimum atomic E-state index is -3.50. The molecule has 7 heteroatoms. The van der Waals surface area contributed by atoms with Gasteiger partial charge in [0.2, 0.25) is 0 Å². The molecule has 0 bridgehead atoms. The highest BCUT2D eigenvalue weighted by atomic mass is 79.9. The molecule has 0 amide bonds. The summed E-state index contributed by atoms with van der Waals surface area (Å²) in [6.45, 7) is 2.92. The minimum Gasteiger partial charge on any atom is -0.386 e. The topological polar surface area (TPSA) is 54.4 Å². The van der Waals surface area contributed by atoms with E-state index in [0.717, 1.165) is 0 Å². The van der Waals surface area contributed by atoms with Gasteiger partial charge in [-0.3, -0.25) is 0 Å². The molecule has 0 spiro atoms. The summed E-state index contributed by atoms with van der Waals surface area (Å²) in [7, 11) is -3.50. The first kappa shape index (κ1) is 16.2. The molecule has 1 aromatic carbocycles. The summed E-state index contributed by atoms with van der Waals surface area (Å²) in [6, 6.07) is 4.52. The van der Waals surface area contributed by atoms with Gasteiger partial charge in [0.05, 0.1) is 0 Å². The van der Waals surface area contributed by atoms with Crippen LogP contribution in [0, 0.1) is 0 Å². The molecule has 0 aromatic heterocycles. The fourth-order valence-electron chi connectivity index (χ4n) is 1.45. The number of sulfone groups is 1. The van der Waals surface area contributed by atoms with E-state index in [4.69, 9.17) is 23.2 Å². The van der Waals surface area contributed by atoms with Crippen molar-refractivity contribution < 1.29 is 13.5 Å². The van der Waals surface area contributed by atoms with E-state index in [1.165, 1.54) is 26.0 Å². The third-order valence-electron chi connectivity index (χ3n) is 2.73. The van der Waals surface area contributed by atoms with Crippen molar-refractivity contribution in [1.29, 1.82) is 0 Å². The van der Waals surface area contributed by atoms with Gasteiger partial charge in [-0.05, 0) is 19.1 Å². The first-order chi connectivity index (χ1) is 8.13. The quantitative estimate of drug-likeness (QED) is 0.818. The summed E-state index contributed by atoms with van der Waals surface area (Å²) in [5, 5.41) is 10.9. The van der Waals surface area contributed by atoms with Gasteiger partial charge < -0.3 is 5.11 Å². The number of benzene rings is 1. The monoisotopic (exact) mass is 374 g/mol. The van der Waals surface area contributed by atoms with E-state index in [-0.39, 0.29) is 10.8 Å². The zero-order valence-corrected chi connectivity index (χ0v) is 13.7. The molecule has 2 unspecified atom stereocenters. The number of hydrogen-bond donors (Lipinski definition) is 1. The third kappa shape index (κ3) is 3.02. The van der Waals surface area contributed by atoms with Gasteiger partial charge in [-0.15, -0.1) is 0 Å². The maximum Gasteiger partial charge on any atom is 0.168 e. The average Bonchev–Trinajstić information content (AvgIpc) is 2.28. The lowest BCUT2D eigenvalue weighted by Gasteiger charge is -2.28. The van der Waals surface area contributed by atoms with Gasteiger partial charge in [0.15, 0.2) is 13.5 Å². The predicted molar refractivity (Wildman–Crippen MR) is 78.2 cm³/mol. The number of alkyl halides is 1. The number of aliphatic hydroxyl groups excluding tert-OH is 1. The van der Waals surface area contributed by atoms with E-state index >= 15 is 0 Å². The van der Waals surface area contributed by atoms with E-state index in [2.05, 4.69) is 15.9 Å². The Kier molecular flexibility index (Phi) is 5.12. The fourth-order valence-corrected chi connectivity index (χ4v) is 3.93. The fraction of sp³-hybridized carbons (Fsp3) is 0.455. The molecule has 0 radical (unpaired) electrons. The van der Waals surface area contributed by atoms with Crippen LogP contribution in [0.15, 0.2) is 18.2 Å². The zero-order chi connectivity index (χ0) is 14.1. The predicted octanol–water partition coefficient (Wildman–Crippen LogP) is 3.57. The molecule has 0 aliphatic carbocycles. The molecule has 1 rings (SSSR count). The van der Waals surface area contributed by atoms with Gasteiger partial charge in [-0.1, -0.05) is 52.1 Å². The summed E-state index contributed by atoms with van der Waals surface area (Å²) in [5.41, 5.74) is 0.317. The Hall–Kier alpha value is 0.190. The largest absolute Gasteiger partial charge is 0.386 e. The molecule has 0 heterocycles. The molecule has 102 valence electrons. The summed E-state index contributed by atoms with van der Waals surface area (Å²) in [5.74, 6) is -0.0863. The first-order valence-corrected chi connectivity index (χ1v) is 8.37. The summed E-state index contributed by atoms with van der Waals surface area (Å²) < 4.78 is 22.4. The molecule has 18 heavy (non-hydrogen) atoms. The molecule has 0 saturated heterocycles. The average molecular weight is 376 g/mol. The number of hydrogen-bond acceptors (Lipinski definition) is 3. The number of halogens is 3. The second kappa shape index (κ2) is 5.67. The second-order valence-electron chi connectivity index (χ2n) is 3.96. The van der Waals surface area contributed by atoms with Crippen LogP contribution in [-0.2, 0) is 9.84 Å². The molecule has 0 saturated carbocycles.